The van der Waals surface area contributed by atoms with Crippen molar-refractivity contribution in [3.8, 4) is 22.7 Å². The van der Waals surface area contributed by atoms with Crippen LogP contribution in [0.25, 0.3) is 16.9 Å². The molecule has 0 atom stereocenters. The summed E-state index contributed by atoms with van der Waals surface area (Å²) in [5, 5.41) is 10.9. The van der Waals surface area contributed by atoms with Crippen LogP contribution in [0.1, 0.15) is 26.4 Å². The summed E-state index contributed by atoms with van der Waals surface area (Å²) in [7, 11) is 1.58. The molecule has 0 spiro atoms. The minimum absolute atomic E-state index is 0.0846. The molecule has 1 aromatic heterocycles. The first-order chi connectivity index (χ1) is 19.3. The molecule has 0 N–H and O–H groups in total. The van der Waals surface area contributed by atoms with E-state index in [0.717, 1.165) is 5.56 Å². The van der Waals surface area contributed by atoms with Gasteiger partial charge < -0.3 is 19.1 Å². The third-order valence-corrected chi connectivity index (χ3v) is 7.14. The zero-order valence-corrected chi connectivity index (χ0v) is 22.0. The molecule has 2 heterocycles. The second kappa shape index (κ2) is 11.0. The number of nitrogens with zero attached hydrogens (tertiary/aromatic N) is 4. The zero-order valence-electron chi connectivity index (χ0n) is 22.0. The SMILES string of the molecule is COc1ccc(-c2cc(C(=O)N3CCN(C(=O)c4ccc([N+](=O)[O-])cc4)CC3)c(C)n2-c2ccccc2F)cc1. The number of non-ortho nitro benzene ring substituents is 1. The highest BCUT2D eigenvalue weighted by molar-refractivity contribution is 5.98. The summed E-state index contributed by atoms with van der Waals surface area (Å²) < 4.78 is 22.0. The maximum atomic E-state index is 14.9. The summed E-state index contributed by atoms with van der Waals surface area (Å²) >= 11 is 0. The van der Waals surface area contributed by atoms with Crippen LogP contribution in [0.4, 0.5) is 10.1 Å². The predicted molar refractivity (Wildman–Crippen MR) is 147 cm³/mol. The molecule has 1 fully saturated rings. The van der Waals surface area contributed by atoms with Crippen molar-refractivity contribution >= 4 is 17.5 Å². The maximum Gasteiger partial charge on any atom is 0.269 e. The van der Waals surface area contributed by atoms with Crippen LogP contribution in [0.2, 0.25) is 0 Å². The van der Waals surface area contributed by atoms with E-state index >= 15 is 0 Å². The lowest BCUT2D eigenvalue weighted by Gasteiger charge is -2.34. The van der Waals surface area contributed by atoms with E-state index in [4.69, 9.17) is 4.74 Å². The smallest absolute Gasteiger partial charge is 0.269 e. The number of aromatic nitrogens is 1. The first-order valence-electron chi connectivity index (χ1n) is 12.7. The Morgan fingerprint density at radius 1 is 0.875 bits per heavy atom. The standard InChI is InChI=1S/C30H27FN4O5/c1-20-25(19-28(21-9-13-24(40-2)14-10-21)34(20)27-6-4-3-5-26(27)31)30(37)33-17-15-32(16-18-33)29(36)22-7-11-23(12-8-22)35(38)39/h3-14,19H,15-18H2,1-2H3. The lowest BCUT2D eigenvalue weighted by atomic mass is 10.1. The summed E-state index contributed by atoms with van der Waals surface area (Å²) in [5.74, 6) is -0.175. The Hall–Kier alpha value is -4.99. The van der Waals surface area contributed by atoms with Gasteiger partial charge in [-0.15, -0.1) is 0 Å². The van der Waals surface area contributed by atoms with Crippen LogP contribution in [0.15, 0.2) is 78.9 Å². The highest BCUT2D eigenvalue weighted by Crippen LogP contribution is 2.32. The third-order valence-electron chi connectivity index (χ3n) is 7.14. The summed E-state index contributed by atoms with van der Waals surface area (Å²) in [6.07, 6.45) is 0. The number of methoxy groups -OCH3 is 1. The Bertz CT molecular complexity index is 1570. The van der Waals surface area contributed by atoms with Crippen molar-refractivity contribution in [1.29, 1.82) is 0 Å². The van der Waals surface area contributed by atoms with E-state index < -0.39 is 10.7 Å². The molecule has 2 amide bonds. The number of nitro benzene ring substituents is 1. The number of benzene rings is 3. The topological polar surface area (TPSA) is 97.9 Å². The molecule has 5 rings (SSSR count). The average Bonchev–Trinajstić information content (AvgIpc) is 3.33. The van der Waals surface area contributed by atoms with E-state index in [1.165, 1.54) is 30.3 Å². The molecule has 204 valence electrons. The van der Waals surface area contributed by atoms with Crippen LogP contribution in [0.3, 0.4) is 0 Å². The fourth-order valence-electron chi connectivity index (χ4n) is 4.93. The minimum atomic E-state index is -0.514. The first-order valence-corrected chi connectivity index (χ1v) is 12.7. The van der Waals surface area contributed by atoms with Gasteiger partial charge in [-0.05, 0) is 67.1 Å². The maximum absolute atomic E-state index is 14.9. The minimum Gasteiger partial charge on any atom is -0.497 e. The molecule has 0 saturated carbocycles. The average molecular weight is 543 g/mol. The Morgan fingerprint density at radius 3 is 2.05 bits per heavy atom. The molecule has 0 radical (unpaired) electrons. The first kappa shape index (κ1) is 26.6. The van der Waals surface area contributed by atoms with Gasteiger partial charge in [0.25, 0.3) is 17.5 Å². The number of carbonyl (C=O) groups excluding carboxylic acids is 2. The van der Waals surface area contributed by atoms with E-state index in [1.807, 2.05) is 24.3 Å². The molecule has 9 nitrogen and oxygen atoms in total. The molecule has 3 aromatic carbocycles. The number of hydrogen-bond acceptors (Lipinski definition) is 5. The van der Waals surface area contributed by atoms with Crippen molar-refractivity contribution in [2.75, 3.05) is 33.3 Å². The monoisotopic (exact) mass is 542 g/mol. The quantitative estimate of drug-likeness (QED) is 0.249. The molecule has 0 bridgehead atoms. The van der Waals surface area contributed by atoms with Gasteiger partial charge in [-0.1, -0.05) is 12.1 Å². The van der Waals surface area contributed by atoms with E-state index in [-0.39, 0.29) is 17.5 Å². The van der Waals surface area contributed by atoms with Crippen LogP contribution < -0.4 is 4.74 Å². The van der Waals surface area contributed by atoms with E-state index in [0.29, 0.717) is 60.1 Å². The zero-order chi connectivity index (χ0) is 28.4. The van der Waals surface area contributed by atoms with Gasteiger partial charge >= 0.3 is 0 Å². The van der Waals surface area contributed by atoms with Crippen LogP contribution in [-0.2, 0) is 0 Å². The van der Waals surface area contributed by atoms with Gasteiger partial charge in [0.15, 0.2) is 0 Å². The van der Waals surface area contributed by atoms with Crippen molar-refractivity contribution < 1.29 is 23.6 Å². The summed E-state index contributed by atoms with van der Waals surface area (Å²) in [4.78, 5) is 40.3. The van der Waals surface area contributed by atoms with Crippen LogP contribution >= 0.6 is 0 Å². The third kappa shape index (κ3) is 5.03. The van der Waals surface area contributed by atoms with Gasteiger partial charge in [-0.25, -0.2) is 4.39 Å². The molecule has 10 heteroatoms. The second-order valence-corrected chi connectivity index (χ2v) is 9.43. The van der Waals surface area contributed by atoms with Gasteiger partial charge in [-0.3, -0.25) is 19.7 Å². The van der Waals surface area contributed by atoms with Crippen molar-refractivity contribution in [2.24, 2.45) is 0 Å². The molecule has 1 aliphatic rings. The number of nitro groups is 1. The Kier molecular flexibility index (Phi) is 7.33. The molecule has 0 unspecified atom stereocenters. The van der Waals surface area contributed by atoms with Crippen LogP contribution in [-0.4, -0.2) is 64.4 Å². The van der Waals surface area contributed by atoms with Gasteiger partial charge in [-0.2, -0.15) is 0 Å². The summed E-state index contributed by atoms with van der Waals surface area (Å²) in [6, 6.07) is 21.0. The van der Waals surface area contributed by atoms with Gasteiger partial charge in [0.1, 0.15) is 11.6 Å². The number of amides is 2. The summed E-state index contributed by atoms with van der Waals surface area (Å²) in [5.41, 5.74) is 3.12. The molecule has 0 aliphatic carbocycles. The Morgan fingerprint density at radius 2 is 1.48 bits per heavy atom. The Labute approximate surface area is 230 Å². The van der Waals surface area contributed by atoms with Gasteiger partial charge in [0.05, 0.1) is 29.0 Å². The van der Waals surface area contributed by atoms with Crippen LogP contribution in [0.5, 0.6) is 5.75 Å². The van der Waals surface area contributed by atoms with Crippen molar-refractivity contribution in [3.63, 3.8) is 0 Å². The molecule has 1 aliphatic heterocycles. The molecule has 40 heavy (non-hydrogen) atoms. The van der Waals surface area contributed by atoms with E-state index in [9.17, 15) is 24.1 Å². The molecule has 4 aromatic rings. The number of piperazine rings is 1. The largest absolute Gasteiger partial charge is 0.497 e. The van der Waals surface area contributed by atoms with Crippen molar-refractivity contribution in [3.05, 3.63) is 112 Å². The van der Waals surface area contributed by atoms with E-state index in [2.05, 4.69) is 0 Å². The lowest BCUT2D eigenvalue weighted by molar-refractivity contribution is -0.384. The highest BCUT2D eigenvalue weighted by Gasteiger charge is 2.29. The summed E-state index contributed by atoms with van der Waals surface area (Å²) in [6.45, 7) is 3.07. The van der Waals surface area contributed by atoms with Gasteiger partial charge in [0.2, 0.25) is 0 Å². The molecular formula is C30H27FN4O5. The number of para-hydroxylation sites is 1. The fourth-order valence-corrected chi connectivity index (χ4v) is 4.93. The van der Waals surface area contributed by atoms with Gasteiger partial charge in [0, 0.05) is 49.6 Å². The fraction of sp³-hybridized carbons (Fsp3) is 0.200. The van der Waals surface area contributed by atoms with Crippen molar-refractivity contribution in [1.82, 2.24) is 14.4 Å². The lowest BCUT2D eigenvalue weighted by Crippen LogP contribution is -2.50. The number of ether oxygens (including phenoxy) is 1. The molecular weight excluding hydrogens is 515 g/mol. The normalized spacial score (nSPS) is 13.3. The predicted octanol–water partition coefficient (Wildman–Crippen LogP) is 5.11. The number of carbonyl (C=O) groups is 2. The van der Waals surface area contributed by atoms with Crippen molar-refractivity contribution in [2.45, 2.75) is 6.92 Å². The number of rotatable bonds is 6. The van der Waals surface area contributed by atoms with Crippen LogP contribution in [0, 0.1) is 22.9 Å². The number of halogens is 1. The molecule has 1 saturated heterocycles. The Balaban J connectivity index is 1.39. The number of hydrogen-bond donors (Lipinski definition) is 0. The highest BCUT2D eigenvalue weighted by atomic mass is 19.1. The van der Waals surface area contributed by atoms with E-state index in [1.54, 1.807) is 52.7 Å². The second-order valence-electron chi connectivity index (χ2n) is 9.43.